The van der Waals surface area contributed by atoms with Gasteiger partial charge in [-0.15, -0.1) is 0 Å². The molecule has 6 rings (SSSR count). The van der Waals surface area contributed by atoms with Crippen molar-refractivity contribution in [3.8, 4) is 0 Å². The van der Waals surface area contributed by atoms with Gasteiger partial charge in [-0.2, -0.15) is 0 Å². The topological polar surface area (TPSA) is 26.0 Å². The van der Waals surface area contributed by atoms with E-state index in [1.165, 1.54) is 55.6 Å². The summed E-state index contributed by atoms with van der Waals surface area (Å²) in [5, 5.41) is 0. The normalized spacial score (nSPS) is 22.4. The summed E-state index contributed by atoms with van der Waals surface area (Å²) >= 11 is 0. The fourth-order valence-corrected chi connectivity index (χ4v) is 4.88. The third-order valence-electron chi connectivity index (χ3n) is 6.50. The summed E-state index contributed by atoms with van der Waals surface area (Å²) in [4.78, 5) is 0. The zero-order chi connectivity index (χ0) is 17.5. The summed E-state index contributed by atoms with van der Waals surface area (Å²) in [5.74, 6) is 0.297. The van der Waals surface area contributed by atoms with Crippen LogP contribution in [0, 0.1) is 27.7 Å². The zero-order valence-electron chi connectivity index (χ0n) is 15.3. The molecule has 1 nitrogen and oxygen atoms in total. The van der Waals surface area contributed by atoms with Crippen molar-refractivity contribution in [2.45, 2.75) is 39.2 Å². The van der Waals surface area contributed by atoms with Crippen molar-refractivity contribution in [2.75, 3.05) is 0 Å². The third-order valence-corrected chi connectivity index (χ3v) is 6.50. The molecule has 25 heavy (non-hydrogen) atoms. The second kappa shape index (κ2) is 4.62. The molecule has 0 spiro atoms. The average Bonchev–Trinajstić information content (AvgIpc) is 2.59. The van der Waals surface area contributed by atoms with Gasteiger partial charge in [0.2, 0.25) is 0 Å². The number of hydrogen-bond donors (Lipinski definition) is 1. The van der Waals surface area contributed by atoms with Crippen LogP contribution in [0.3, 0.4) is 0 Å². The Morgan fingerprint density at radius 3 is 1.68 bits per heavy atom. The predicted octanol–water partition coefficient (Wildman–Crippen LogP) is 4.98. The highest BCUT2D eigenvalue weighted by Crippen LogP contribution is 2.57. The molecule has 0 heterocycles. The van der Waals surface area contributed by atoms with Gasteiger partial charge in [-0.25, -0.2) is 0 Å². The molecule has 124 valence electrons. The minimum absolute atomic E-state index is 0.297. The van der Waals surface area contributed by atoms with Gasteiger partial charge in [-0.1, -0.05) is 48.5 Å². The monoisotopic (exact) mass is 325 g/mol. The molecule has 0 fully saturated rings. The molecule has 0 atom stereocenters. The number of aryl methyl sites for hydroxylation is 4. The lowest BCUT2D eigenvalue weighted by molar-refractivity contribution is 0.564. The Balaban J connectivity index is 1.97. The minimum Gasteiger partial charge on any atom is -0.314 e. The molecule has 0 unspecified atom stereocenters. The molecular formula is C24H23N. The highest BCUT2D eigenvalue weighted by atomic mass is 14.8. The van der Waals surface area contributed by atoms with Gasteiger partial charge in [0, 0.05) is 5.92 Å². The average molecular weight is 325 g/mol. The van der Waals surface area contributed by atoms with Gasteiger partial charge < -0.3 is 5.73 Å². The van der Waals surface area contributed by atoms with Crippen LogP contribution in [-0.2, 0) is 5.54 Å². The van der Waals surface area contributed by atoms with E-state index in [1.54, 1.807) is 0 Å². The van der Waals surface area contributed by atoms with E-state index < -0.39 is 5.54 Å². The first-order chi connectivity index (χ1) is 11.9. The van der Waals surface area contributed by atoms with E-state index in [1.807, 2.05) is 0 Å². The summed E-state index contributed by atoms with van der Waals surface area (Å²) in [6.07, 6.45) is 0. The number of nitrogens with two attached hydrogens (primary N) is 1. The Kier molecular flexibility index (Phi) is 2.76. The number of benzene rings is 3. The zero-order valence-corrected chi connectivity index (χ0v) is 15.3. The highest BCUT2D eigenvalue weighted by Gasteiger charge is 2.49. The predicted molar refractivity (Wildman–Crippen MR) is 103 cm³/mol. The summed E-state index contributed by atoms with van der Waals surface area (Å²) in [6.45, 7) is 8.78. The summed E-state index contributed by atoms with van der Waals surface area (Å²) in [6, 6.07) is 18.1. The van der Waals surface area contributed by atoms with E-state index in [0.29, 0.717) is 5.92 Å². The fraction of sp³-hybridized carbons (Fsp3) is 0.250. The minimum atomic E-state index is -0.549. The lowest BCUT2D eigenvalue weighted by Crippen LogP contribution is -2.49. The first-order valence-electron chi connectivity index (χ1n) is 9.04. The molecule has 3 aromatic rings. The maximum atomic E-state index is 7.27. The maximum absolute atomic E-state index is 7.27. The van der Waals surface area contributed by atoms with E-state index in [0.717, 1.165) is 0 Å². The van der Waals surface area contributed by atoms with Crippen LogP contribution < -0.4 is 5.73 Å². The molecule has 0 amide bonds. The Bertz CT molecular complexity index is 998. The molecular weight excluding hydrogens is 302 g/mol. The Hall–Kier alpha value is -2.38. The first kappa shape index (κ1) is 14.9. The lowest BCUT2D eigenvalue weighted by Gasteiger charge is -2.49. The highest BCUT2D eigenvalue weighted by molar-refractivity contribution is 5.72. The van der Waals surface area contributed by atoms with Crippen molar-refractivity contribution in [2.24, 2.45) is 5.73 Å². The van der Waals surface area contributed by atoms with Crippen LogP contribution in [-0.4, -0.2) is 0 Å². The molecule has 0 aromatic heterocycles. The van der Waals surface area contributed by atoms with E-state index in [-0.39, 0.29) is 0 Å². The van der Waals surface area contributed by atoms with Gasteiger partial charge in [-0.3, -0.25) is 0 Å². The summed E-state index contributed by atoms with van der Waals surface area (Å²) in [5.41, 5.74) is 20.0. The van der Waals surface area contributed by atoms with Crippen molar-refractivity contribution in [1.29, 1.82) is 0 Å². The molecule has 0 saturated carbocycles. The molecule has 2 N–H and O–H groups in total. The molecule has 0 aliphatic heterocycles. The Labute approximate surface area is 149 Å². The van der Waals surface area contributed by atoms with Gasteiger partial charge in [-0.05, 0) is 83.3 Å². The lowest BCUT2D eigenvalue weighted by atomic mass is 9.56. The third kappa shape index (κ3) is 1.67. The standard InChI is InChI=1S/C24H23N/c1-13-9-18-21(11-15(13)3)24(25)20-8-6-5-7-17(20)23(18)19-10-14(2)16(4)12-22(19)24/h5-12,23H,25H2,1-4H3. The molecule has 0 radical (unpaired) electrons. The van der Waals surface area contributed by atoms with Crippen molar-refractivity contribution in [3.05, 3.63) is 104 Å². The SMILES string of the molecule is Cc1cc2c(cc1C)C1(N)c3ccccc3C2c2cc(C)c(C)cc21. The van der Waals surface area contributed by atoms with Crippen LogP contribution in [0.5, 0.6) is 0 Å². The van der Waals surface area contributed by atoms with Gasteiger partial charge in [0.1, 0.15) is 0 Å². The van der Waals surface area contributed by atoms with Crippen LogP contribution in [0.15, 0.2) is 48.5 Å². The number of hydrogen-bond acceptors (Lipinski definition) is 1. The summed E-state index contributed by atoms with van der Waals surface area (Å²) < 4.78 is 0. The van der Waals surface area contributed by atoms with E-state index in [4.69, 9.17) is 5.73 Å². The van der Waals surface area contributed by atoms with Gasteiger partial charge in [0.15, 0.2) is 0 Å². The quantitative estimate of drug-likeness (QED) is 0.620. The Morgan fingerprint density at radius 1 is 0.640 bits per heavy atom. The summed E-state index contributed by atoms with van der Waals surface area (Å²) in [7, 11) is 0. The molecule has 2 bridgehead atoms. The fourth-order valence-electron chi connectivity index (χ4n) is 4.88. The number of rotatable bonds is 0. The van der Waals surface area contributed by atoms with Gasteiger partial charge >= 0.3 is 0 Å². The van der Waals surface area contributed by atoms with E-state index in [2.05, 4.69) is 76.2 Å². The molecule has 3 aliphatic rings. The second-order valence-electron chi connectivity index (χ2n) is 7.88. The molecule has 3 aromatic carbocycles. The first-order valence-corrected chi connectivity index (χ1v) is 9.04. The smallest absolute Gasteiger partial charge is 0.0932 e. The van der Waals surface area contributed by atoms with Crippen LogP contribution in [0.2, 0.25) is 0 Å². The van der Waals surface area contributed by atoms with Crippen molar-refractivity contribution >= 4 is 0 Å². The molecule has 0 saturated heterocycles. The van der Waals surface area contributed by atoms with Crippen LogP contribution in [0.4, 0.5) is 0 Å². The van der Waals surface area contributed by atoms with E-state index in [9.17, 15) is 0 Å². The van der Waals surface area contributed by atoms with Crippen molar-refractivity contribution in [3.63, 3.8) is 0 Å². The Morgan fingerprint density at radius 2 is 1.12 bits per heavy atom. The molecule has 1 heteroatoms. The van der Waals surface area contributed by atoms with Crippen molar-refractivity contribution in [1.82, 2.24) is 0 Å². The van der Waals surface area contributed by atoms with Crippen LogP contribution in [0.1, 0.15) is 61.6 Å². The molecule has 3 aliphatic carbocycles. The van der Waals surface area contributed by atoms with E-state index >= 15 is 0 Å². The van der Waals surface area contributed by atoms with Gasteiger partial charge in [0.05, 0.1) is 5.54 Å². The second-order valence-corrected chi connectivity index (χ2v) is 7.88. The van der Waals surface area contributed by atoms with Crippen LogP contribution >= 0.6 is 0 Å². The maximum Gasteiger partial charge on any atom is 0.0932 e. The van der Waals surface area contributed by atoms with Crippen LogP contribution in [0.25, 0.3) is 0 Å². The van der Waals surface area contributed by atoms with Crippen molar-refractivity contribution < 1.29 is 0 Å². The van der Waals surface area contributed by atoms with Gasteiger partial charge in [0.25, 0.3) is 0 Å². The largest absolute Gasteiger partial charge is 0.314 e.